The van der Waals surface area contributed by atoms with E-state index in [1.165, 1.54) is 25.7 Å². The fourth-order valence-corrected chi connectivity index (χ4v) is 11.1. The summed E-state index contributed by atoms with van der Waals surface area (Å²) in [5, 5.41) is 30.9. The third-order valence-corrected chi connectivity index (χ3v) is 15.6. The van der Waals surface area contributed by atoms with Crippen LogP contribution in [0.25, 0.3) is 5.69 Å². The van der Waals surface area contributed by atoms with Crippen molar-refractivity contribution in [3.8, 4) is 5.69 Å². The number of hydrogen-bond acceptors (Lipinski definition) is 13. The van der Waals surface area contributed by atoms with Crippen LogP contribution in [0.1, 0.15) is 44.5 Å². The Balaban J connectivity index is 0.000000231. The molecule has 91 heavy (non-hydrogen) atoms. The highest BCUT2D eigenvalue weighted by Crippen LogP contribution is 2.31. The summed E-state index contributed by atoms with van der Waals surface area (Å²) in [4.78, 5) is 68.2. The van der Waals surface area contributed by atoms with Crippen LogP contribution in [0.4, 0.5) is 26.1 Å². The molecule has 1 heterocycles. The molecule has 0 aliphatic heterocycles. The van der Waals surface area contributed by atoms with Crippen LogP contribution in [0.5, 0.6) is 0 Å². The number of hydrazine groups is 1. The SMILES string of the molecule is NCC(=O)N(c1ccccc1)c1nn(-c2cccc(C[C@@H](C(=O)O)N(C(=O)OCc3ccccc3)N(Cc3ccccc3)Cc3ccccc3)c2)c(=S)s1.O=C(N[C@@H](Cc1ccc(N(Cc2ccccc2)Cc2ccccc2)cc1)C(=O)O)OCc1ccccc1. The van der Waals surface area contributed by atoms with Gasteiger partial charge in [-0.2, -0.15) is 0 Å². The number of carbonyl (C=O) groups is 5. The summed E-state index contributed by atoms with van der Waals surface area (Å²) < 4.78 is 12.9. The first kappa shape index (κ1) is 64.9. The van der Waals surface area contributed by atoms with Crippen molar-refractivity contribution in [2.45, 2.75) is 64.3 Å². The van der Waals surface area contributed by atoms with Gasteiger partial charge in [0.15, 0.2) is 10.00 Å². The highest BCUT2D eigenvalue weighted by molar-refractivity contribution is 7.73. The van der Waals surface area contributed by atoms with Gasteiger partial charge in [-0.15, -0.1) is 5.10 Å². The molecule has 10 aromatic rings. The van der Waals surface area contributed by atoms with Gasteiger partial charge in [0, 0.05) is 44.7 Å². The number of nitrogens with one attached hydrogen (secondary N) is 1. The lowest BCUT2D eigenvalue weighted by molar-refractivity contribution is -0.152. The molecule has 462 valence electrons. The molecule has 10 rings (SSSR count). The average molecular weight is 1250 g/mol. The number of hydrogen-bond donors (Lipinski definition) is 4. The minimum absolute atomic E-state index is 0.0421. The molecular formula is C72H68N8O9S2. The molecule has 0 saturated carbocycles. The first-order valence-electron chi connectivity index (χ1n) is 29.3. The molecule has 3 amide bonds. The number of nitrogens with two attached hydrogens (primary N) is 1. The number of carboxylic acid groups (broad SMARTS) is 2. The quantitative estimate of drug-likeness (QED) is 0.0293. The lowest BCUT2D eigenvalue weighted by Gasteiger charge is -2.38. The molecule has 0 saturated heterocycles. The highest BCUT2D eigenvalue weighted by atomic mass is 32.1. The number of carboxylic acids is 2. The van der Waals surface area contributed by atoms with E-state index in [0.717, 1.165) is 57.9 Å². The van der Waals surface area contributed by atoms with E-state index in [2.05, 4.69) is 34.5 Å². The van der Waals surface area contributed by atoms with E-state index in [-0.39, 0.29) is 51.6 Å². The third-order valence-electron chi connectivity index (χ3n) is 14.4. The number of aliphatic carboxylic acids is 2. The Morgan fingerprint density at radius 2 is 0.956 bits per heavy atom. The summed E-state index contributed by atoms with van der Waals surface area (Å²) in [6, 6.07) is 79.6. The normalized spacial score (nSPS) is 11.5. The molecule has 0 aliphatic rings. The zero-order valence-corrected chi connectivity index (χ0v) is 51.3. The number of para-hydroxylation sites is 1. The summed E-state index contributed by atoms with van der Waals surface area (Å²) in [6.45, 7) is 1.74. The zero-order chi connectivity index (χ0) is 63.7. The van der Waals surface area contributed by atoms with Crippen molar-refractivity contribution >= 4 is 70.1 Å². The number of nitrogens with zero attached hydrogens (tertiary/aromatic N) is 6. The van der Waals surface area contributed by atoms with Crippen LogP contribution in [-0.2, 0) is 76.1 Å². The topological polar surface area (TPSA) is 213 Å². The van der Waals surface area contributed by atoms with E-state index < -0.39 is 36.2 Å². The minimum Gasteiger partial charge on any atom is -0.480 e. The van der Waals surface area contributed by atoms with Gasteiger partial charge >= 0.3 is 24.1 Å². The van der Waals surface area contributed by atoms with Crippen LogP contribution in [0.3, 0.4) is 0 Å². The highest BCUT2D eigenvalue weighted by Gasteiger charge is 2.37. The maximum absolute atomic E-state index is 14.2. The predicted molar refractivity (Wildman–Crippen MR) is 355 cm³/mol. The van der Waals surface area contributed by atoms with Crippen molar-refractivity contribution in [3.63, 3.8) is 0 Å². The number of amides is 3. The second kappa shape index (κ2) is 33.1. The van der Waals surface area contributed by atoms with Gasteiger partial charge < -0.3 is 35.6 Å². The van der Waals surface area contributed by atoms with Crippen LogP contribution >= 0.6 is 23.6 Å². The maximum atomic E-state index is 14.2. The Hall–Kier alpha value is -10.6. The summed E-state index contributed by atoms with van der Waals surface area (Å²) >= 11 is 6.85. The summed E-state index contributed by atoms with van der Waals surface area (Å²) in [5.74, 6) is -2.69. The minimum atomic E-state index is -1.37. The molecule has 0 bridgehead atoms. The molecular weight excluding hydrogens is 1180 g/mol. The summed E-state index contributed by atoms with van der Waals surface area (Å²) in [6.07, 6.45) is -1.49. The van der Waals surface area contributed by atoms with Crippen molar-refractivity contribution < 1.29 is 43.7 Å². The van der Waals surface area contributed by atoms with Crippen molar-refractivity contribution in [3.05, 3.63) is 309 Å². The molecule has 0 unspecified atom stereocenters. The van der Waals surface area contributed by atoms with Gasteiger partial charge in [0.25, 0.3) is 0 Å². The van der Waals surface area contributed by atoms with Gasteiger partial charge in [0.1, 0.15) is 19.3 Å². The van der Waals surface area contributed by atoms with Crippen LogP contribution in [0.15, 0.2) is 261 Å². The molecule has 2 atom stereocenters. The van der Waals surface area contributed by atoms with E-state index in [1.807, 2.05) is 200 Å². The van der Waals surface area contributed by atoms with Crippen molar-refractivity contribution in [1.82, 2.24) is 25.1 Å². The van der Waals surface area contributed by atoms with Crippen LogP contribution in [-0.4, -0.2) is 78.7 Å². The lowest BCUT2D eigenvalue weighted by Crippen LogP contribution is -2.55. The standard InChI is InChI=1S/C41H38N6O5S2.C31H30N2O4/c42-26-37(48)45(34-21-11-4-12-22-34)39-43-46(41(53)54-39)35-23-13-20-33(24-35)25-36(38(49)50)47(40(51)52-29-32-18-9-3-10-19-32)44(27-30-14-5-1-6-15-30)28-31-16-7-2-8-17-31;34-30(35)29(32-31(36)37-23-27-14-8-3-9-15-27)20-24-16-18-28(19-17-24)33(21-25-10-4-1-5-11-25)22-26-12-6-2-7-13-26/h1-24,36H,25-29,42H2,(H,49,50);1-19,29H,20-23H2,(H,32,36)(H,34,35)/t36-;29-/m00/s1. The van der Waals surface area contributed by atoms with Crippen molar-refractivity contribution in [2.75, 3.05) is 16.3 Å². The monoisotopic (exact) mass is 1250 g/mol. The van der Waals surface area contributed by atoms with Crippen molar-refractivity contribution in [1.29, 1.82) is 0 Å². The van der Waals surface area contributed by atoms with Gasteiger partial charge in [-0.25, -0.2) is 33.9 Å². The van der Waals surface area contributed by atoms with Gasteiger partial charge in [-0.3, -0.25) is 9.69 Å². The van der Waals surface area contributed by atoms with Crippen LogP contribution < -0.4 is 20.9 Å². The Kier molecular flexibility index (Phi) is 23.6. The van der Waals surface area contributed by atoms with E-state index in [9.17, 15) is 34.2 Å². The molecule has 5 N–H and O–H groups in total. The number of ether oxygens (including phenoxy) is 2. The molecule has 0 spiro atoms. The van der Waals surface area contributed by atoms with E-state index in [4.69, 9.17) is 32.5 Å². The molecule has 0 radical (unpaired) electrons. The number of aromatic nitrogens is 2. The van der Waals surface area contributed by atoms with Crippen LogP contribution in [0.2, 0.25) is 0 Å². The third kappa shape index (κ3) is 19.2. The van der Waals surface area contributed by atoms with Gasteiger partial charge in [-0.1, -0.05) is 236 Å². The zero-order valence-electron chi connectivity index (χ0n) is 49.7. The fraction of sp³-hybridized carbons (Fsp3) is 0.153. The molecule has 17 nitrogen and oxygen atoms in total. The molecule has 1 aromatic heterocycles. The fourth-order valence-electron chi connectivity index (χ4n) is 9.92. The van der Waals surface area contributed by atoms with Gasteiger partial charge in [0.2, 0.25) is 11.0 Å². The Morgan fingerprint density at radius 1 is 0.505 bits per heavy atom. The number of benzene rings is 9. The largest absolute Gasteiger partial charge is 0.480 e. The smallest absolute Gasteiger partial charge is 0.425 e. The second-order valence-corrected chi connectivity index (χ2v) is 22.6. The first-order chi connectivity index (χ1) is 44.4. The number of carbonyl (C=O) groups excluding carboxylic acids is 3. The number of rotatable bonds is 26. The lowest BCUT2D eigenvalue weighted by atomic mass is 10.0. The predicted octanol–water partition coefficient (Wildman–Crippen LogP) is 13.4. The summed E-state index contributed by atoms with van der Waals surface area (Å²) in [7, 11) is 0. The van der Waals surface area contributed by atoms with Gasteiger partial charge in [0.05, 0.1) is 17.9 Å². The molecule has 19 heteroatoms. The van der Waals surface area contributed by atoms with E-state index in [1.54, 1.807) is 41.4 Å². The van der Waals surface area contributed by atoms with E-state index in [0.29, 0.717) is 26.0 Å². The number of alkyl carbamates (subject to hydrolysis) is 1. The van der Waals surface area contributed by atoms with Gasteiger partial charge in [-0.05, 0) is 93.1 Å². The first-order valence-corrected chi connectivity index (χ1v) is 30.5. The van der Waals surface area contributed by atoms with Crippen molar-refractivity contribution in [2.24, 2.45) is 5.73 Å². The van der Waals surface area contributed by atoms with Crippen LogP contribution in [0, 0.1) is 3.95 Å². The second-order valence-electron chi connectivity index (χ2n) is 21.0. The molecule has 9 aromatic carbocycles. The summed E-state index contributed by atoms with van der Waals surface area (Å²) in [5.41, 5.74) is 15.1. The molecule has 0 aliphatic carbocycles. The molecule has 0 fully saturated rings. The maximum Gasteiger partial charge on any atom is 0.425 e. The number of anilines is 3. The average Bonchev–Trinajstić information content (AvgIpc) is 2.05. The Morgan fingerprint density at radius 3 is 1.43 bits per heavy atom. The Bertz CT molecular complexity index is 3910. The Labute approximate surface area is 537 Å². The van der Waals surface area contributed by atoms with E-state index >= 15 is 0 Å².